The summed E-state index contributed by atoms with van der Waals surface area (Å²) >= 11 is 0. The number of aliphatic carboxylic acids is 1. The molecule has 0 radical (unpaired) electrons. The summed E-state index contributed by atoms with van der Waals surface area (Å²) in [6, 6.07) is 3.61. The van der Waals surface area contributed by atoms with Crippen LogP contribution in [-0.2, 0) is 16.0 Å². The molecule has 2 rings (SSSR count). The predicted octanol–water partition coefficient (Wildman–Crippen LogP) is 1.47. The Labute approximate surface area is 116 Å². The zero-order valence-electron chi connectivity index (χ0n) is 11.2. The number of hydrogen-bond donors (Lipinski definition) is 3. The lowest BCUT2D eigenvalue weighted by atomic mass is 10.0. The summed E-state index contributed by atoms with van der Waals surface area (Å²) in [6.45, 7) is 1.44. The standard InChI is InChI=1S/C14H17N3O3/c1-9(18)17-11(4-5-13(19)20)7-10-8-16-14-12(10)3-2-6-15-14/h2-3,6,8,11H,4-5,7H2,1H3,(H,15,16)(H,17,18)(H,19,20). The predicted molar refractivity (Wildman–Crippen MR) is 74.3 cm³/mol. The van der Waals surface area contributed by atoms with E-state index in [0.29, 0.717) is 12.8 Å². The van der Waals surface area contributed by atoms with Gasteiger partial charge in [0.15, 0.2) is 0 Å². The Morgan fingerprint density at radius 3 is 3.00 bits per heavy atom. The molecule has 2 aromatic rings. The summed E-state index contributed by atoms with van der Waals surface area (Å²) < 4.78 is 0. The number of carbonyl (C=O) groups is 2. The minimum absolute atomic E-state index is 0.0333. The van der Waals surface area contributed by atoms with Crippen molar-refractivity contribution in [1.29, 1.82) is 0 Å². The number of rotatable bonds is 6. The second-order valence-electron chi connectivity index (χ2n) is 4.75. The van der Waals surface area contributed by atoms with Crippen molar-refractivity contribution in [3.8, 4) is 0 Å². The number of hydrogen-bond acceptors (Lipinski definition) is 3. The Hall–Kier alpha value is -2.37. The number of aromatic amines is 1. The Morgan fingerprint density at radius 1 is 1.50 bits per heavy atom. The van der Waals surface area contributed by atoms with Gasteiger partial charge in [0, 0.05) is 37.2 Å². The Balaban J connectivity index is 2.13. The van der Waals surface area contributed by atoms with Crippen LogP contribution in [0.4, 0.5) is 0 Å². The fourth-order valence-corrected chi connectivity index (χ4v) is 2.26. The molecule has 6 heteroatoms. The molecule has 0 aliphatic heterocycles. The molecule has 2 aromatic heterocycles. The fraction of sp³-hybridized carbons (Fsp3) is 0.357. The van der Waals surface area contributed by atoms with Gasteiger partial charge in [0.05, 0.1) is 0 Å². The molecule has 20 heavy (non-hydrogen) atoms. The summed E-state index contributed by atoms with van der Waals surface area (Å²) in [5.74, 6) is -1.01. The zero-order chi connectivity index (χ0) is 14.5. The molecule has 0 saturated carbocycles. The monoisotopic (exact) mass is 275 g/mol. The van der Waals surface area contributed by atoms with Gasteiger partial charge < -0.3 is 15.4 Å². The van der Waals surface area contributed by atoms with Crippen LogP contribution < -0.4 is 5.32 Å². The van der Waals surface area contributed by atoms with Gasteiger partial charge in [0.1, 0.15) is 5.65 Å². The highest BCUT2D eigenvalue weighted by Gasteiger charge is 2.15. The molecule has 1 unspecified atom stereocenters. The number of H-pyrrole nitrogens is 1. The fourth-order valence-electron chi connectivity index (χ4n) is 2.26. The van der Waals surface area contributed by atoms with Crippen LogP contribution in [0.15, 0.2) is 24.5 Å². The van der Waals surface area contributed by atoms with Crippen LogP contribution in [-0.4, -0.2) is 33.0 Å². The highest BCUT2D eigenvalue weighted by Crippen LogP contribution is 2.18. The van der Waals surface area contributed by atoms with Crippen LogP contribution in [0.2, 0.25) is 0 Å². The van der Waals surface area contributed by atoms with E-state index in [9.17, 15) is 9.59 Å². The third-order valence-electron chi connectivity index (χ3n) is 3.12. The molecular weight excluding hydrogens is 258 g/mol. The topological polar surface area (TPSA) is 95.1 Å². The summed E-state index contributed by atoms with van der Waals surface area (Å²) in [5, 5.41) is 12.6. The number of amides is 1. The van der Waals surface area contributed by atoms with Crippen molar-refractivity contribution in [3.63, 3.8) is 0 Å². The number of carbonyl (C=O) groups excluding carboxylic acids is 1. The van der Waals surface area contributed by atoms with Crippen molar-refractivity contribution in [3.05, 3.63) is 30.1 Å². The average Bonchev–Trinajstić information content (AvgIpc) is 2.79. The minimum Gasteiger partial charge on any atom is -0.481 e. The van der Waals surface area contributed by atoms with Gasteiger partial charge >= 0.3 is 5.97 Å². The molecule has 0 aliphatic rings. The van der Waals surface area contributed by atoms with Crippen LogP contribution in [0, 0.1) is 0 Å². The highest BCUT2D eigenvalue weighted by atomic mass is 16.4. The van der Waals surface area contributed by atoms with Gasteiger partial charge in [0.25, 0.3) is 0 Å². The summed E-state index contributed by atoms with van der Waals surface area (Å²) in [6.07, 6.45) is 4.58. The van der Waals surface area contributed by atoms with Crippen LogP contribution in [0.5, 0.6) is 0 Å². The Morgan fingerprint density at radius 2 is 2.30 bits per heavy atom. The molecule has 0 fully saturated rings. The number of nitrogens with one attached hydrogen (secondary N) is 2. The summed E-state index contributed by atoms with van der Waals surface area (Å²) in [5.41, 5.74) is 1.82. The molecular formula is C14H17N3O3. The lowest BCUT2D eigenvalue weighted by Gasteiger charge is -2.16. The van der Waals surface area contributed by atoms with Gasteiger partial charge in [-0.1, -0.05) is 0 Å². The SMILES string of the molecule is CC(=O)NC(CCC(=O)O)Cc1c[nH]c2ncccc12. The molecule has 0 saturated heterocycles. The third kappa shape index (κ3) is 3.57. The highest BCUT2D eigenvalue weighted by molar-refractivity contribution is 5.79. The van der Waals surface area contributed by atoms with Crippen molar-refractivity contribution < 1.29 is 14.7 Å². The molecule has 3 N–H and O–H groups in total. The second kappa shape index (κ2) is 6.18. The first kappa shape index (κ1) is 14.0. The van der Waals surface area contributed by atoms with E-state index in [1.807, 2.05) is 18.3 Å². The van der Waals surface area contributed by atoms with Gasteiger partial charge in [-0.25, -0.2) is 4.98 Å². The van der Waals surface area contributed by atoms with Crippen molar-refractivity contribution in [2.24, 2.45) is 0 Å². The van der Waals surface area contributed by atoms with E-state index in [4.69, 9.17) is 5.11 Å². The molecule has 1 amide bonds. The Kier molecular flexibility index (Phi) is 4.34. The van der Waals surface area contributed by atoms with E-state index in [1.165, 1.54) is 6.92 Å². The van der Waals surface area contributed by atoms with E-state index in [-0.39, 0.29) is 18.4 Å². The maximum absolute atomic E-state index is 11.2. The average molecular weight is 275 g/mol. The van der Waals surface area contributed by atoms with E-state index in [2.05, 4.69) is 15.3 Å². The van der Waals surface area contributed by atoms with Crippen LogP contribution in [0.3, 0.4) is 0 Å². The smallest absolute Gasteiger partial charge is 0.303 e. The normalized spacial score (nSPS) is 12.2. The lowest BCUT2D eigenvalue weighted by Crippen LogP contribution is -2.35. The van der Waals surface area contributed by atoms with Gasteiger partial charge in [-0.3, -0.25) is 9.59 Å². The minimum atomic E-state index is -0.860. The molecule has 0 aliphatic carbocycles. The van der Waals surface area contributed by atoms with Gasteiger partial charge in [-0.05, 0) is 30.5 Å². The van der Waals surface area contributed by atoms with Crippen molar-refractivity contribution in [2.45, 2.75) is 32.2 Å². The first-order valence-electron chi connectivity index (χ1n) is 6.46. The maximum Gasteiger partial charge on any atom is 0.303 e. The molecule has 1 atom stereocenters. The molecule has 106 valence electrons. The lowest BCUT2D eigenvalue weighted by molar-refractivity contribution is -0.137. The molecule has 0 aromatic carbocycles. The molecule has 6 nitrogen and oxygen atoms in total. The number of fused-ring (bicyclic) bond motifs is 1. The summed E-state index contributed by atoms with van der Waals surface area (Å²) in [4.78, 5) is 29.2. The van der Waals surface area contributed by atoms with Gasteiger partial charge in [-0.2, -0.15) is 0 Å². The van der Waals surface area contributed by atoms with Gasteiger partial charge in [0.2, 0.25) is 5.91 Å². The second-order valence-corrected chi connectivity index (χ2v) is 4.75. The van der Waals surface area contributed by atoms with E-state index >= 15 is 0 Å². The van der Waals surface area contributed by atoms with E-state index in [0.717, 1.165) is 16.6 Å². The number of aromatic nitrogens is 2. The van der Waals surface area contributed by atoms with E-state index in [1.54, 1.807) is 6.20 Å². The first-order chi connectivity index (χ1) is 9.56. The first-order valence-corrected chi connectivity index (χ1v) is 6.46. The Bertz CT molecular complexity index is 621. The molecule has 0 bridgehead atoms. The van der Waals surface area contributed by atoms with Crippen molar-refractivity contribution >= 4 is 22.9 Å². The molecule has 0 spiro atoms. The van der Waals surface area contributed by atoms with Crippen LogP contribution >= 0.6 is 0 Å². The largest absolute Gasteiger partial charge is 0.481 e. The maximum atomic E-state index is 11.2. The number of carboxylic acids is 1. The van der Waals surface area contributed by atoms with Crippen molar-refractivity contribution in [1.82, 2.24) is 15.3 Å². The van der Waals surface area contributed by atoms with Gasteiger partial charge in [-0.15, -0.1) is 0 Å². The molecule has 2 heterocycles. The number of pyridine rings is 1. The summed E-state index contributed by atoms with van der Waals surface area (Å²) in [7, 11) is 0. The van der Waals surface area contributed by atoms with Crippen LogP contribution in [0.25, 0.3) is 11.0 Å². The van der Waals surface area contributed by atoms with Crippen molar-refractivity contribution in [2.75, 3.05) is 0 Å². The number of nitrogens with zero attached hydrogens (tertiary/aromatic N) is 1. The number of carboxylic acid groups (broad SMARTS) is 1. The van der Waals surface area contributed by atoms with E-state index < -0.39 is 5.97 Å². The van der Waals surface area contributed by atoms with Crippen LogP contribution in [0.1, 0.15) is 25.3 Å². The quantitative estimate of drug-likeness (QED) is 0.744. The zero-order valence-corrected chi connectivity index (χ0v) is 11.2. The third-order valence-corrected chi connectivity index (χ3v) is 3.12.